The highest BCUT2D eigenvalue weighted by molar-refractivity contribution is 5.74. The van der Waals surface area contributed by atoms with E-state index in [2.05, 4.69) is 5.32 Å². The molecule has 0 spiro atoms. The van der Waals surface area contributed by atoms with E-state index >= 15 is 0 Å². The summed E-state index contributed by atoms with van der Waals surface area (Å²) in [7, 11) is 0. The fourth-order valence-corrected chi connectivity index (χ4v) is 3.32. The summed E-state index contributed by atoms with van der Waals surface area (Å²) in [6, 6.07) is 16.0. The molecule has 0 saturated carbocycles. The highest BCUT2D eigenvalue weighted by atomic mass is 19.1. The number of nitrogens with zero attached hydrogens (tertiary/aromatic N) is 1. The molecule has 1 N–H and O–H groups in total. The number of hydrogen-bond donors (Lipinski definition) is 1. The zero-order chi connectivity index (χ0) is 20.8. The summed E-state index contributed by atoms with van der Waals surface area (Å²) >= 11 is 0. The summed E-state index contributed by atoms with van der Waals surface area (Å²) in [4.78, 5) is 14.2. The van der Waals surface area contributed by atoms with Gasteiger partial charge in [-0.15, -0.1) is 0 Å². The van der Waals surface area contributed by atoms with E-state index in [1.54, 1.807) is 23.3 Å². The lowest BCUT2D eigenvalue weighted by Gasteiger charge is -2.20. The van der Waals surface area contributed by atoms with E-state index in [4.69, 9.17) is 13.9 Å². The van der Waals surface area contributed by atoms with Crippen LogP contribution in [0.3, 0.4) is 0 Å². The van der Waals surface area contributed by atoms with E-state index in [1.165, 1.54) is 6.07 Å². The molecule has 2 heterocycles. The van der Waals surface area contributed by atoms with Crippen molar-refractivity contribution in [1.29, 1.82) is 0 Å². The smallest absolute Gasteiger partial charge is 0.318 e. The molecule has 156 valence electrons. The van der Waals surface area contributed by atoms with Gasteiger partial charge in [0.15, 0.2) is 0 Å². The van der Waals surface area contributed by atoms with Gasteiger partial charge < -0.3 is 24.1 Å². The van der Waals surface area contributed by atoms with Crippen LogP contribution in [0, 0.1) is 5.82 Å². The third-order valence-electron chi connectivity index (χ3n) is 4.86. The van der Waals surface area contributed by atoms with Crippen LogP contribution in [0.2, 0.25) is 0 Å². The molecule has 4 rings (SSSR count). The molecule has 0 unspecified atom stereocenters. The van der Waals surface area contributed by atoms with Gasteiger partial charge in [0.25, 0.3) is 0 Å². The third kappa shape index (κ3) is 4.99. The lowest BCUT2D eigenvalue weighted by Crippen LogP contribution is -2.40. The van der Waals surface area contributed by atoms with Crippen molar-refractivity contribution in [3.63, 3.8) is 0 Å². The summed E-state index contributed by atoms with van der Waals surface area (Å²) in [5.74, 6) is 0.903. The first-order valence-electron chi connectivity index (χ1n) is 9.80. The minimum Gasteiger partial charge on any atom is -0.491 e. The maximum Gasteiger partial charge on any atom is 0.318 e. The number of benzene rings is 2. The maximum atomic E-state index is 14.1. The Kier molecular flexibility index (Phi) is 6.29. The van der Waals surface area contributed by atoms with Crippen LogP contribution in [0.1, 0.15) is 22.5 Å². The zero-order valence-corrected chi connectivity index (χ0v) is 16.5. The predicted molar refractivity (Wildman–Crippen MR) is 108 cm³/mol. The number of fused-ring (bicyclic) bond motifs is 1. The van der Waals surface area contributed by atoms with E-state index in [0.717, 1.165) is 16.9 Å². The van der Waals surface area contributed by atoms with Gasteiger partial charge in [-0.25, -0.2) is 9.18 Å². The molecule has 2 aromatic carbocycles. The molecule has 0 bridgehead atoms. The van der Waals surface area contributed by atoms with Crippen LogP contribution < -0.4 is 10.1 Å². The van der Waals surface area contributed by atoms with Crippen LogP contribution >= 0.6 is 0 Å². The van der Waals surface area contributed by atoms with Gasteiger partial charge in [0.2, 0.25) is 0 Å². The molecular weight excluding hydrogens is 387 g/mol. The number of furan rings is 1. The molecule has 0 saturated heterocycles. The quantitative estimate of drug-likeness (QED) is 0.660. The summed E-state index contributed by atoms with van der Waals surface area (Å²) < 4.78 is 30.6. The lowest BCUT2D eigenvalue weighted by molar-refractivity contribution is 0.0929. The largest absolute Gasteiger partial charge is 0.491 e. The molecule has 30 heavy (non-hydrogen) atoms. The van der Waals surface area contributed by atoms with Crippen LogP contribution in [-0.4, -0.2) is 24.1 Å². The Balaban J connectivity index is 1.31. The number of rotatable bonds is 6. The number of amides is 2. The molecule has 1 aliphatic heterocycles. The highest BCUT2D eigenvalue weighted by Gasteiger charge is 2.22. The number of carbonyl (C=O) groups excluding carboxylic acids is 1. The predicted octanol–water partition coefficient (Wildman–Crippen LogP) is 4.24. The van der Waals surface area contributed by atoms with Crippen LogP contribution in [0.5, 0.6) is 5.75 Å². The van der Waals surface area contributed by atoms with E-state index in [-0.39, 0.29) is 18.4 Å². The Morgan fingerprint density at radius 1 is 1.10 bits per heavy atom. The second-order valence-corrected chi connectivity index (χ2v) is 7.04. The van der Waals surface area contributed by atoms with Crippen molar-refractivity contribution < 1.29 is 23.1 Å². The Morgan fingerprint density at radius 2 is 1.97 bits per heavy atom. The van der Waals surface area contributed by atoms with Crippen molar-refractivity contribution in [2.75, 3.05) is 13.2 Å². The number of nitrogens with one attached hydrogen (secondary N) is 1. The van der Waals surface area contributed by atoms with Crippen molar-refractivity contribution in [1.82, 2.24) is 10.2 Å². The SMILES string of the molecule is O=C(NCc1cccc(COCc2ccco2)c1)N1CCOc2cccc(F)c2C1. The van der Waals surface area contributed by atoms with Crippen molar-refractivity contribution >= 4 is 6.03 Å². The van der Waals surface area contributed by atoms with E-state index in [1.807, 2.05) is 36.4 Å². The second kappa shape index (κ2) is 9.45. The van der Waals surface area contributed by atoms with Crippen LogP contribution in [0.25, 0.3) is 0 Å². The van der Waals surface area contributed by atoms with Gasteiger partial charge in [0.05, 0.1) is 26.0 Å². The topological polar surface area (TPSA) is 63.9 Å². The molecule has 1 aliphatic rings. The lowest BCUT2D eigenvalue weighted by atomic mass is 10.1. The Hall–Kier alpha value is -3.32. The summed E-state index contributed by atoms with van der Waals surface area (Å²) in [6.07, 6.45) is 1.62. The first kappa shape index (κ1) is 20.0. The van der Waals surface area contributed by atoms with Crippen molar-refractivity contribution in [2.45, 2.75) is 26.3 Å². The molecule has 6 nitrogen and oxygen atoms in total. The van der Waals surface area contributed by atoms with Gasteiger partial charge >= 0.3 is 6.03 Å². The van der Waals surface area contributed by atoms with Crippen molar-refractivity contribution in [2.24, 2.45) is 0 Å². The van der Waals surface area contributed by atoms with Gasteiger partial charge in [-0.3, -0.25) is 0 Å². The molecule has 1 aromatic heterocycles. The second-order valence-electron chi connectivity index (χ2n) is 7.04. The Morgan fingerprint density at radius 3 is 2.83 bits per heavy atom. The average Bonchev–Trinajstić information content (AvgIpc) is 3.17. The summed E-state index contributed by atoms with van der Waals surface area (Å²) in [5.41, 5.74) is 2.37. The maximum absolute atomic E-state index is 14.1. The van der Waals surface area contributed by atoms with Gasteiger partial charge in [0, 0.05) is 12.1 Å². The molecule has 0 radical (unpaired) electrons. The summed E-state index contributed by atoms with van der Waals surface area (Å²) in [6.45, 7) is 2.11. The molecule has 0 aliphatic carbocycles. The fourth-order valence-electron chi connectivity index (χ4n) is 3.32. The zero-order valence-electron chi connectivity index (χ0n) is 16.5. The molecule has 3 aromatic rings. The number of urea groups is 1. The molecule has 0 atom stereocenters. The van der Waals surface area contributed by atoms with Crippen molar-refractivity contribution in [3.8, 4) is 5.75 Å². The first-order valence-corrected chi connectivity index (χ1v) is 9.80. The van der Waals surface area contributed by atoms with E-state index in [9.17, 15) is 9.18 Å². The highest BCUT2D eigenvalue weighted by Crippen LogP contribution is 2.25. The Bertz CT molecular complexity index is 991. The van der Waals surface area contributed by atoms with Crippen LogP contribution in [0.4, 0.5) is 9.18 Å². The summed E-state index contributed by atoms with van der Waals surface area (Å²) in [5, 5.41) is 2.91. The molecule has 2 amide bonds. The Labute approximate surface area is 174 Å². The fraction of sp³-hybridized carbons (Fsp3) is 0.261. The van der Waals surface area contributed by atoms with E-state index in [0.29, 0.717) is 44.2 Å². The van der Waals surface area contributed by atoms with Crippen LogP contribution in [-0.2, 0) is 31.0 Å². The van der Waals surface area contributed by atoms with Crippen LogP contribution in [0.15, 0.2) is 65.3 Å². The normalized spacial score (nSPS) is 13.3. The minimum absolute atomic E-state index is 0.175. The molecular formula is C23H23FN2O4. The third-order valence-corrected chi connectivity index (χ3v) is 4.86. The van der Waals surface area contributed by atoms with Gasteiger partial charge in [0.1, 0.15) is 30.5 Å². The van der Waals surface area contributed by atoms with Gasteiger partial charge in [-0.2, -0.15) is 0 Å². The van der Waals surface area contributed by atoms with E-state index < -0.39 is 0 Å². The van der Waals surface area contributed by atoms with Crippen molar-refractivity contribution in [3.05, 3.63) is 89.1 Å². The number of carbonyl (C=O) groups is 1. The standard InChI is InChI=1S/C23H23FN2O4/c24-21-7-2-8-22-20(21)14-26(9-11-30-22)23(27)25-13-17-4-1-5-18(12-17)15-28-16-19-6-3-10-29-19/h1-8,10,12H,9,11,13-16H2,(H,25,27). The average molecular weight is 410 g/mol. The molecule has 0 fully saturated rings. The number of hydrogen-bond acceptors (Lipinski definition) is 4. The number of halogens is 1. The minimum atomic E-state index is -0.366. The first-order chi connectivity index (χ1) is 14.7. The monoisotopic (exact) mass is 410 g/mol. The molecule has 7 heteroatoms. The van der Waals surface area contributed by atoms with Gasteiger partial charge in [-0.1, -0.05) is 30.3 Å². The number of ether oxygens (including phenoxy) is 2. The van der Waals surface area contributed by atoms with Gasteiger partial charge in [-0.05, 0) is 35.4 Å².